The van der Waals surface area contributed by atoms with Crippen LogP contribution in [0.25, 0.3) is 0 Å². The van der Waals surface area contributed by atoms with Gasteiger partial charge < -0.3 is 10.2 Å². The Morgan fingerprint density at radius 3 is 2.56 bits per heavy atom. The summed E-state index contributed by atoms with van der Waals surface area (Å²) in [6, 6.07) is 0.833. The molecule has 0 bridgehead atoms. The van der Waals surface area contributed by atoms with Crippen molar-refractivity contribution in [3.05, 3.63) is 0 Å². The van der Waals surface area contributed by atoms with Crippen molar-refractivity contribution in [2.75, 3.05) is 26.2 Å². The molecule has 16 heavy (non-hydrogen) atoms. The zero-order valence-corrected chi connectivity index (χ0v) is 11.0. The molecule has 1 N–H and O–H groups in total. The third-order valence-electron chi connectivity index (χ3n) is 4.13. The average Bonchev–Trinajstić information content (AvgIpc) is 2.69. The van der Waals surface area contributed by atoms with Crippen LogP contribution in [0, 0.1) is 11.8 Å². The summed E-state index contributed by atoms with van der Waals surface area (Å²) in [5.41, 5.74) is 0. The lowest BCUT2D eigenvalue weighted by Gasteiger charge is -2.35. The van der Waals surface area contributed by atoms with Gasteiger partial charge in [0.05, 0.1) is 0 Å². The average molecular weight is 224 g/mol. The second kappa shape index (κ2) is 6.02. The van der Waals surface area contributed by atoms with Crippen molar-refractivity contribution < 1.29 is 0 Å². The lowest BCUT2D eigenvalue weighted by Crippen LogP contribution is -2.39. The van der Waals surface area contributed by atoms with Crippen LogP contribution in [0.3, 0.4) is 0 Å². The molecule has 0 radical (unpaired) electrons. The fourth-order valence-electron chi connectivity index (χ4n) is 3.54. The van der Waals surface area contributed by atoms with Crippen molar-refractivity contribution in [3.63, 3.8) is 0 Å². The summed E-state index contributed by atoms with van der Waals surface area (Å²) in [4.78, 5) is 2.69. The molecule has 0 aliphatic carbocycles. The third kappa shape index (κ3) is 3.74. The smallest absolute Gasteiger partial charge is 0.00680 e. The van der Waals surface area contributed by atoms with E-state index in [-0.39, 0.29) is 0 Å². The predicted molar refractivity (Wildman–Crippen MR) is 69.6 cm³/mol. The van der Waals surface area contributed by atoms with E-state index in [1.165, 1.54) is 58.3 Å². The Labute approximate surface area is 101 Å². The van der Waals surface area contributed by atoms with Crippen LogP contribution in [0.5, 0.6) is 0 Å². The van der Waals surface area contributed by atoms with Crippen molar-refractivity contribution in [2.45, 2.75) is 52.0 Å². The number of hydrogen-bond acceptors (Lipinski definition) is 2. The number of nitrogens with one attached hydrogen (secondary N) is 1. The molecule has 0 amide bonds. The second-order valence-electron chi connectivity index (χ2n) is 6.14. The van der Waals surface area contributed by atoms with Crippen LogP contribution in [0.4, 0.5) is 0 Å². The van der Waals surface area contributed by atoms with Gasteiger partial charge in [0.1, 0.15) is 0 Å². The summed E-state index contributed by atoms with van der Waals surface area (Å²) in [5.74, 6) is 1.82. The highest BCUT2D eigenvalue weighted by Crippen LogP contribution is 2.21. The van der Waals surface area contributed by atoms with Gasteiger partial charge in [-0.2, -0.15) is 0 Å². The highest BCUT2D eigenvalue weighted by Gasteiger charge is 2.21. The van der Waals surface area contributed by atoms with Crippen LogP contribution in [0.1, 0.15) is 46.0 Å². The largest absolute Gasteiger partial charge is 0.314 e. The summed E-state index contributed by atoms with van der Waals surface area (Å²) in [6.45, 7) is 10.1. The van der Waals surface area contributed by atoms with Gasteiger partial charge in [0.15, 0.2) is 0 Å². The monoisotopic (exact) mass is 224 g/mol. The lowest BCUT2D eigenvalue weighted by molar-refractivity contribution is 0.138. The van der Waals surface area contributed by atoms with E-state index in [0.29, 0.717) is 0 Å². The number of likely N-dealkylation sites (tertiary alicyclic amines) is 1. The molecule has 2 fully saturated rings. The Morgan fingerprint density at radius 1 is 1.19 bits per heavy atom. The Morgan fingerprint density at radius 2 is 1.94 bits per heavy atom. The van der Waals surface area contributed by atoms with Crippen LogP contribution in [-0.2, 0) is 0 Å². The summed E-state index contributed by atoms with van der Waals surface area (Å²) >= 11 is 0. The highest BCUT2D eigenvalue weighted by molar-refractivity contribution is 4.77. The maximum Gasteiger partial charge on any atom is 0.00680 e. The Kier molecular flexibility index (Phi) is 4.66. The van der Waals surface area contributed by atoms with E-state index in [0.717, 1.165) is 17.9 Å². The first kappa shape index (κ1) is 12.4. The molecule has 94 valence electrons. The molecular weight excluding hydrogens is 196 g/mol. The van der Waals surface area contributed by atoms with Crippen molar-refractivity contribution >= 4 is 0 Å². The van der Waals surface area contributed by atoms with Crippen molar-refractivity contribution in [1.82, 2.24) is 10.2 Å². The quantitative estimate of drug-likeness (QED) is 0.789. The number of rotatable bonds is 4. The first-order valence-electron chi connectivity index (χ1n) is 7.20. The molecule has 2 saturated heterocycles. The van der Waals surface area contributed by atoms with E-state index in [9.17, 15) is 0 Å². The minimum atomic E-state index is 0.833. The molecule has 2 nitrogen and oxygen atoms in total. The van der Waals surface area contributed by atoms with Gasteiger partial charge in [0.2, 0.25) is 0 Å². The molecule has 3 atom stereocenters. The minimum absolute atomic E-state index is 0.833. The maximum atomic E-state index is 3.59. The van der Waals surface area contributed by atoms with Gasteiger partial charge in [0, 0.05) is 19.1 Å². The summed E-state index contributed by atoms with van der Waals surface area (Å²) in [5, 5.41) is 3.59. The van der Waals surface area contributed by atoms with Crippen molar-refractivity contribution in [2.24, 2.45) is 11.8 Å². The first-order valence-corrected chi connectivity index (χ1v) is 7.20. The summed E-state index contributed by atoms with van der Waals surface area (Å²) in [7, 11) is 0. The molecule has 0 aromatic rings. The Balaban J connectivity index is 1.61. The summed E-state index contributed by atoms with van der Waals surface area (Å²) < 4.78 is 0. The molecule has 2 heterocycles. The van der Waals surface area contributed by atoms with Crippen LogP contribution in [0.15, 0.2) is 0 Å². The second-order valence-corrected chi connectivity index (χ2v) is 6.14. The fourth-order valence-corrected chi connectivity index (χ4v) is 3.54. The Bertz CT molecular complexity index is 189. The van der Waals surface area contributed by atoms with E-state index < -0.39 is 0 Å². The molecule has 2 aliphatic heterocycles. The molecule has 0 spiro atoms. The minimum Gasteiger partial charge on any atom is -0.314 e. The topological polar surface area (TPSA) is 15.3 Å². The molecule has 3 unspecified atom stereocenters. The van der Waals surface area contributed by atoms with Crippen LogP contribution in [0.2, 0.25) is 0 Å². The van der Waals surface area contributed by atoms with E-state index in [1.54, 1.807) is 0 Å². The lowest BCUT2D eigenvalue weighted by atomic mass is 9.92. The molecule has 2 heteroatoms. The van der Waals surface area contributed by atoms with E-state index in [4.69, 9.17) is 0 Å². The molecule has 0 saturated carbocycles. The van der Waals surface area contributed by atoms with Crippen LogP contribution >= 0.6 is 0 Å². The standard InChI is InChI=1S/C14H28N2/c1-12-9-13(2)11-16(10-12)8-4-6-14-5-3-7-15-14/h12-15H,3-11H2,1-2H3. The highest BCUT2D eigenvalue weighted by atomic mass is 15.1. The first-order chi connectivity index (χ1) is 7.74. The van der Waals surface area contributed by atoms with E-state index in [2.05, 4.69) is 24.1 Å². The molecule has 0 aromatic carbocycles. The number of hydrogen-bond donors (Lipinski definition) is 1. The number of piperidine rings is 1. The Hall–Kier alpha value is -0.0800. The SMILES string of the molecule is CC1CC(C)CN(CCCC2CCCN2)C1. The van der Waals surface area contributed by atoms with Gasteiger partial charge in [0.25, 0.3) is 0 Å². The van der Waals surface area contributed by atoms with Crippen molar-refractivity contribution in [3.8, 4) is 0 Å². The van der Waals surface area contributed by atoms with Gasteiger partial charge in [-0.25, -0.2) is 0 Å². The molecule has 0 aromatic heterocycles. The number of nitrogens with zero attached hydrogens (tertiary/aromatic N) is 1. The predicted octanol–water partition coefficient (Wildman–Crippen LogP) is 2.50. The van der Waals surface area contributed by atoms with Gasteiger partial charge in [-0.3, -0.25) is 0 Å². The van der Waals surface area contributed by atoms with Gasteiger partial charge in [-0.1, -0.05) is 13.8 Å². The zero-order chi connectivity index (χ0) is 11.4. The van der Waals surface area contributed by atoms with Gasteiger partial charge in [-0.05, 0) is 57.0 Å². The molecular formula is C14H28N2. The zero-order valence-electron chi connectivity index (χ0n) is 11.0. The van der Waals surface area contributed by atoms with Crippen LogP contribution < -0.4 is 5.32 Å². The van der Waals surface area contributed by atoms with E-state index >= 15 is 0 Å². The van der Waals surface area contributed by atoms with Gasteiger partial charge >= 0.3 is 0 Å². The molecule has 2 rings (SSSR count). The normalized spacial score (nSPS) is 36.8. The van der Waals surface area contributed by atoms with E-state index in [1.807, 2.05) is 0 Å². The fraction of sp³-hybridized carbons (Fsp3) is 1.00. The van der Waals surface area contributed by atoms with Gasteiger partial charge in [-0.15, -0.1) is 0 Å². The van der Waals surface area contributed by atoms with Crippen LogP contribution in [-0.4, -0.2) is 37.1 Å². The van der Waals surface area contributed by atoms with Crippen molar-refractivity contribution in [1.29, 1.82) is 0 Å². The molecule has 2 aliphatic rings. The summed E-state index contributed by atoms with van der Waals surface area (Å²) in [6.07, 6.45) is 7.01. The maximum absolute atomic E-state index is 3.59. The third-order valence-corrected chi connectivity index (χ3v) is 4.13.